The number of hydrogen-bond acceptors (Lipinski definition) is 4. The molecule has 0 bridgehead atoms. The van der Waals surface area contributed by atoms with Crippen LogP contribution in [0.15, 0.2) is 24.3 Å². The van der Waals surface area contributed by atoms with E-state index in [2.05, 4.69) is 0 Å². The van der Waals surface area contributed by atoms with Gasteiger partial charge in [-0.2, -0.15) is 8.42 Å². The zero-order chi connectivity index (χ0) is 13.9. The van der Waals surface area contributed by atoms with Crippen LogP contribution in [0.2, 0.25) is 0 Å². The summed E-state index contributed by atoms with van der Waals surface area (Å²) >= 11 is 0. The van der Waals surface area contributed by atoms with Crippen molar-refractivity contribution in [3.05, 3.63) is 35.4 Å². The predicted molar refractivity (Wildman–Crippen MR) is 66.4 cm³/mol. The van der Waals surface area contributed by atoms with E-state index in [4.69, 9.17) is 4.55 Å². The number of ketones is 2. The lowest BCUT2D eigenvalue weighted by Crippen LogP contribution is -2.29. The number of carbonyl (C=O) groups excluding carboxylic acids is 2. The van der Waals surface area contributed by atoms with Crippen LogP contribution < -0.4 is 0 Å². The van der Waals surface area contributed by atoms with Crippen molar-refractivity contribution >= 4 is 21.7 Å². The molecule has 0 heterocycles. The monoisotopic (exact) mass is 270 g/mol. The van der Waals surface area contributed by atoms with Gasteiger partial charge in [-0.15, -0.1) is 0 Å². The molecule has 18 heavy (non-hydrogen) atoms. The zero-order valence-corrected chi connectivity index (χ0v) is 10.9. The lowest BCUT2D eigenvalue weighted by Gasteiger charge is -2.10. The summed E-state index contributed by atoms with van der Waals surface area (Å²) in [6.45, 7) is 2.89. The van der Waals surface area contributed by atoms with Crippen molar-refractivity contribution in [3.63, 3.8) is 0 Å². The SMILES string of the molecule is CCC(C(=O)c1ccc(C(C)=O)cc1)S(=O)(=O)O. The van der Waals surface area contributed by atoms with E-state index >= 15 is 0 Å². The summed E-state index contributed by atoms with van der Waals surface area (Å²) in [6.07, 6.45) is -0.00781. The largest absolute Gasteiger partial charge is 0.295 e. The van der Waals surface area contributed by atoms with Gasteiger partial charge in [0.15, 0.2) is 11.6 Å². The highest BCUT2D eigenvalue weighted by atomic mass is 32.2. The summed E-state index contributed by atoms with van der Waals surface area (Å²) in [4.78, 5) is 22.9. The molecular weight excluding hydrogens is 256 g/mol. The highest BCUT2D eigenvalue weighted by Crippen LogP contribution is 2.14. The van der Waals surface area contributed by atoms with Crippen molar-refractivity contribution in [2.45, 2.75) is 25.5 Å². The molecule has 1 atom stereocenters. The van der Waals surface area contributed by atoms with Gasteiger partial charge in [0.2, 0.25) is 0 Å². The van der Waals surface area contributed by atoms with E-state index < -0.39 is 21.2 Å². The van der Waals surface area contributed by atoms with E-state index in [1.54, 1.807) is 0 Å². The van der Waals surface area contributed by atoms with Crippen molar-refractivity contribution < 1.29 is 22.6 Å². The molecule has 5 nitrogen and oxygen atoms in total. The molecule has 0 spiro atoms. The first-order valence-electron chi connectivity index (χ1n) is 5.39. The lowest BCUT2D eigenvalue weighted by atomic mass is 10.0. The Labute approximate surface area is 106 Å². The van der Waals surface area contributed by atoms with Crippen molar-refractivity contribution in [1.82, 2.24) is 0 Å². The Hall–Kier alpha value is -1.53. The molecule has 6 heteroatoms. The maximum absolute atomic E-state index is 11.9. The maximum atomic E-state index is 11.9. The van der Waals surface area contributed by atoms with Crippen LogP contribution in [0.5, 0.6) is 0 Å². The molecule has 0 aromatic heterocycles. The molecular formula is C12H14O5S. The third-order valence-electron chi connectivity index (χ3n) is 2.60. The van der Waals surface area contributed by atoms with E-state index in [-0.39, 0.29) is 17.8 Å². The highest BCUT2D eigenvalue weighted by molar-refractivity contribution is 7.87. The third-order valence-corrected chi connectivity index (χ3v) is 3.87. The van der Waals surface area contributed by atoms with E-state index in [1.165, 1.54) is 38.1 Å². The molecule has 0 fully saturated rings. The van der Waals surface area contributed by atoms with Gasteiger partial charge < -0.3 is 0 Å². The Kier molecular flexibility index (Phi) is 4.37. The van der Waals surface area contributed by atoms with Gasteiger partial charge in [-0.3, -0.25) is 14.1 Å². The molecule has 0 saturated heterocycles. The standard InChI is InChI=1S/C12H14O5S/c1-3-11(18(15,16)17)12(14)10-6-4-9(5-7-10)8(2)13/h4-7,11H,3H2,1-2H3,(H,15,16,17). The van der Waals surface area contributed by atoms with Crippen LogP contribution in [0.4, 0.5) is 0 Å². The topological polar surface area (TPSA) is 88.5 Å². The molecule has 0 aliphatic heterocycles. The number of rotatable bonds is 5. The fraction of sp³-hybridized carbons (Fsp3) is 0.333. The zero-order valence-electron chi connectivity index (χ0n) is 10.1. The van der Waals surface area contributed by atoms with Crippen LogP contribution in [-0.4, -0.2) is 29.8 Å². The van der Waals surface area contributed by atoms with Gasteiger partial charge in [-0.05, 0) is 13.3 Å². The Bertz CT molecular complexity index is 557. The molecule has 0 aliphatic carbocycles. The molecule has 1 N–H and O–H groups in total. The fourth-order valence-corrected chi connectivity index (χ4v) is 2.41. The van der Waals surface area contributed by atoms with E-state index in [9.17, 15) is 18.0 Å². The average molecular weight is 270 g/mol. The van der Waals surface area contributed by atoms with Crippen molar-refractivity contribution in [2.24, 2.45) is 0 Å². The molecule has 0 aliphatic rings. The van der Waals surface area contributed by atoms with Crippen LogP contribution in [0.3, 0.4) is 0 Å². The number of Topliss-reactive ketones (excluding diaryl/α,β-unsaturated/α-hetero) is 2. The molecule has 0 amide bonds. The van der Waals surface area contributed by atoms with Crippen LogP contribution >= 0.6 is 0 Å². The molecule has 1 unspecified atom stereocenters. The Morgan fingerprint density at radius 3 is 1.94 bits per heavy atom. The third kappa shape index (κ3) is 3.24. The van der Waals surface area contributed by atoms with Crippen LogP contribution in [0.1, 0.15) is 41.0 Å². The minimum absolute atomic E-state index is 0.00781. The van der Waals surface area contributed by atoms with Crippen molar-refractivity contribution in [3.8, 4) is 0 Å². The number of benzene rings is 1. The van der Waals surface area contributed by atoms with Gasteiger partial charge in [0.25, 0.3) is 10.1 Å². The van der Waals surface area contributed by atoms with Gasteiger partial charge in [0.05, 0.1) is 0 Å². The van der Waals surface area contributed by atoms with Gasteiger partial charge in [0.1, 0.15) is 5.25 Å². The Morgan fingerprint density at radius 1 is 1.17 bits per heavy atom. The lowest BCUT2D eigenvalue weighted by molar-refractivity contribution is 0.0978. The number of hydrogen-bond donors (Lipinski definition) is 1. The van der Waals surface area contributed by atoms with Crippen LogP contribution in [-0.2, 0) is 10.1 Å². The smallest absolute Gasteiger partial charge is 0.275 e. The minimum Gasteiger partial charge on any atom is -0.295 e. The highest BCUT2D eigenvalue weighted by Gasteiger charge is 2.29. The molecule has 0 saturated carbocycles. The molecule has 1 rings (SSSR count). The van der Waals surface area contributed by atoms with Crippen LogP contribution in [0, 0.1) is 0 Å². The summed E-state index contributed by atoms with van der Waals surface area (Å²) in [5, 5.41) is -1.46. The molecule has 0 radical (unpaired) electrons. The Balaban J connectivity index is 3.07. The van der Waals surface area contributed by atoms with E-state index in [1.807, 2.05) is 0 Å². The molecule has 98 valence electrons. The summed E-state index contributed by atoms with van der Waals surface area (Å²) in [5.41, 5.74) is 0.593. The first-order valence-corrected chi connectivity index (χ1v) is 6.89. The van der Waals surface area contributed by atoms with E-state index in [0.717, 1.165) is 0 Å². The number of carbonyl (C=O) groups is 2. The fourth-order valence-electron chi connectivity index (χ4n) is 1.59. The van der Waals surface area contributed by atoms with Gasteiger partial charge in [0, 0.05) is 11.1 Å². The van der Waals surface area contributed by atoms with Gasteiger partial charge >= 0.3 is 0 Å². The summed E-state index contributed by atoms with van der Waals surface area (Å²) < 4.78 is 31.0. The predicted octanol–water partition coefficient (Wildman–Crippen LogP) is 1.74. The van der Waals surface area contributed by atoms with Crippen molar-refractivity contribution in [2.75, 3.05) is 0 Å². The first-order chi connectivity index (χ1) is 8.27. The quantitative estimate of drug-likeness (QED) is 0.650. The molecule has 1 aromatic carbocycles. The second-order valence-electron chi connectivity index (χ2n) is 3.91. The summed E-state index contributed by atoms with van der Waals surface area (Å²) in [6, 6.07) is 5.67. The average Bonchev–Trinajstić information content (AvgIpc) is 2.28. The van der Waals surface area contributed by atoms with Gasteiger partial charge in [-0.25, -0.2) is 0 Å². The summed E-state index contributed by atoms with van der Waals surface area (Å²) in [7, 11) is -4.41. The summed E-state index contributed by atoms with van der Waals surface area (Å²) in [5.74, 6) is -0.814. The second-order valence-corrected chi connectivity index (χ2v) is 5.51. The maximum Gasteiger partial charge on any atom is 0.275 e. The van der Waals surface area contributed by atoms with Crippen LogP contribution in [0.25, 0.3) is 0 Å². The minimum atomic E-state index is -4.41. The molecule has 1 aromatic rings. The normalized spacial score (nSPS) is 13.1. The van der Waals surface area contributed by atoms with Crippen molar-refractivity contribution in [1.29, 1.82) is 0 Å². The second kappa shape index (κ2) is 5.41. The van der Waals surface area contributed by atoms with E-state index in [0.29, 0.717) is 5.56 Å². The van der Waals surface area contributed by atoms with Gasteiger partial charge in [-0.1, -0.05) is 31.2 Å². The first kappa shape index (κ1) is 14.5. The Morgan fingerprint density at radius 2 is 1.61 bits per heavy atom.